The zero-order valence-electron chi connectivity index (χ0n) is 39.0. The summed E-state index contributed by atoms with van der Waals surface area (Å²) in [5.74, 6) is 0.391. The Hall–Kier alpha value is -5.26. The van der Waals surface area contributed by atoms with Gasteiger partial charge in [-0.15, -0.1) is 11.3 Å². The fourth-order valence-corrected chi connectivity index (χ4v) is 13.6. The van der Waals surface area contributed by atoms with Gasteiger partial charge in [0.2, 0.25) is 0 Å². The molecule has 0 fully saturated rings. The van der Waals surface area contributed by atoms with Crippen molar-refractivity contribution >= 4 is 99.9 Å². The minimum Gasteiger partial charge on any atom is -0.454 e. The highest BCUT2D eigenvalue weighted by molar-refractivity contribution is 7.33. The van der Waals surface area contributed by atoms with E-state index in [0.29, 0.717) is 5.92 Å². The number of furan rings is 1. The Balaban J connectivity index is 1.21. The Bertz CT molecular complexity index is 3270. The second-order valence-electron chi connectivity index (χ2n) is 22.5. The van der Waals surface area contributed by atoms with E-state index in [1.807, 2.05) is 11.3 Å². The zero-order chi connectivity index (χ0) is 43.7. The van der Waals surface area contributed by atoms with E-state index in [1.165, 1.54) is 113 Å². The molecule has 0 bridgehead atoms. The third kappa shape index (κ3) is 5.51. The summed E-state index contributed by atoms with van der Waals surface area (Å²) in [7, 11) is 0. The first-order valence-electron chi connectivity index (χ1n) is 23.5. The molecule has 0 N–H and O–H groups in total. The van der Waals surface area contributed by atoms with Crippen LogP contribution in [-0.2, 0) is 21.7 Å². The summed E-state index contributed by atoms with van der Waals surface area (Å²) >= 11 is 2.04. The van der Waals surface area contributed by atoms with Crippen molar-refractivity contribution in [3.8, 4) is 0 Å². The van der Waals surface area contributed by atoms with Gasteiger partial charge in [-0.25, -0.2) is 0 Å². The summed E-state index contributed by atoms with van der Waals surface area (Å²) in [6.07, 6.45) is 4.77. The molecule has 0 saturated carbocycles. The second-order valence-corrected chi connectivity index (χ2v) is 23.6. The normalized spacial score (nSPS) is 18.7. The number of anilines is 6. The molecule has 0 unspecified atom stereocenters. The van der Waals surface area contributed by atoms with Gasteiger partial charge in [-0.1, -0.05) is 118 Å². The van der Waals surface area contributed by atoms with Crippen LogP contribution in [0.5, 0.6) is 0 Å². The van der Waals surface area contributed by atoms with Crippen molar-refractivity contribution in [2.45, 2.75) is 129 Å². The number of fused-ring (bicyclic) bond motifs is 11. The summed E-state index contributed by atoms with van der Waals surface area (Å²) in [5, 5.41) is 3.69. The van der Waals surface area contributed by atoms with Crippen molar-refractivity contribution in [2.75, 3.05) is 9.80 Å². The van der Waals surface area contributed by atoms with Crippen LogP contribution >= 0.6 is 11.3 Å². The predicted molar refractivity (Wildman–Crippen MR) is 273 cm³/mol. The first-order valence-corrected chi connectivity index (χ1v) is 24.3. The second kappa shape index (κ2) is 12.9. The lowest BCUT2D eigenvalue weighted by Crippen LogP contribution is -2.60. The molecule has 2 aliphatic heterocycles. The fraction of sp³-hybridized carbons (Fsp3) is 0.345. The van der Waals surface area contributed by atoms with E-state index in [4.69, 9.17) is 4.42 Å². The Morgan fingerprint density at radius 3 is 1.92 bits per heavy atom. The molecule has 5 heteroatoms. The molecule has 0 atom stereocenters. The Morgan fingerprint density at radius 2 is 1.21 bits per heavy atom. The van der Waals surface area contributed by atoms with Crippen LogP contribution in [0.3, 0.4) is 0 Å². The van der Waals surface area contributed by atoms with Crippen LogP contribution in [0.15, 0.2) is 108 Å². The van der Waals surface area contributed by atoms with E-state index in [2.05, 4.69) is 189 Å². The first-order chi connectivity index (χ1) is 29.9. The molecule has 2 aliphatic carbocycles. The van der Waals surface area contributed by atoms with Crippen molar-refractivity contribution in [1.29, 1.82) is 0 Å². The quantitative estimate of drug-likeness (QED) is 0.165. The van der Waals surface area contributed by atoms with Crippen LogP contribution in [0, 0.1) is 6.92 Å². The van der Waals surface area contributed by atoms with E-state index in [-0.39, 0.29) is 28.4 Å². The molecule has 0 amide bonds. The molecular formula is C58H59BN2OS. The van der Waals surface area contributed by atoms with Gasteiger partial charge in [-0.3, -0.25) is 0 Å². The monoisotopic (exact) mass is 842 g/mol. The number of para-hydroxylation sites is 2. The molecule has 0 spiro atoms. The minimum atomic E-state index is 0.0603. The Kier molecular flexibility index (Phi) is 8.08. The van der Waals surface area contributed by atoms with Gasteiger partial charge >= 0.3 is 0 Å². The van der Waals surface area contributed by atoms with Crippen molar-refractivity contribution in [3.05, 3.63) is 137 Å². The lowest BCUT2D eigenvalue weighted by atomic mass is 9.36. The summed E-state index contributed by atoms with van der Waals surface area (Å²) in [4.78, 5) is 5.25. The number of hydrogen-bond acceptors (Lipinski definition) is 4. The standard InChI is InChI=1S/C58H59BN2OS/c1-33(2)35-19-22-45-44(29-35)59-51-47(27-34(3)28-48(51)61(45)46-17-14-16-38-37-15-12-13-18-49(37)62-53(38)46)60(36-20-21-40-41(30-36)56(6,7)24-23-55(40,4)5)52-39-31-42-43(32-50(39)63-54(52)59)58(10,11)26-25-57(42,8)9/h12-22,27-33H,23-26H2,1-11H3. The van der Waals surface area contributed by atoms with Gasteiger partial charge in [-0.2, -0.15) is 0 Å². The smallest absolute Gasteiger partial charge is 0.264 e. The van der Waals surface area contributed by atoms with E-state index in [9.17, 15) is 0 Å². The summed E-state index contributed by atoms with van der Waals surface area (Å²) in [5.41, 5.74) is 21.2. The van der Waals surface area contributed by atoms with Crippen molar-refractivity contribution < 1.29 is 4.42 Å². The summed E-state index contributed by atoms with van der Waals surface area (Å²) in [6.45, 7) is 26.7. The van der Waals surface area contributed by atoms with Gasteiger partial charge in [0.15, 0.2) is 5.58 Å². The topological polar surface area (TPSA) is 19.6 Å². The Morgan fingerprint density at radius 1 is 0.571 bits per heavy atom. The lowest BCUT2D eigenvalue weighted by molar-refractivity contribution is 0.332. The largest absolute Gasteiger partial charge is 0.454 e. The maximum atomic E-state index is 6.86. The molecule has 0 radical (unpaired) electrons. The van der Waals surface area contributed by atoms with Gasteiger partial charge in [0.1, 0.15) is 5.58 Å². The summed E-state index contributed by atoms with van der Waals surface area (Å²) in [6, 6.07) is 40.3. The molecule has 63 heavy (non-hydrogen) atoms. The van der Waals surface area contributed by atoms with E-state index >= 15 is 0 Å². The van der Waals surface area contributed by atoms with Crippen LogP contribution in [-0.4, -0.2) is 6.71 Å². The molecule has 316 valence electrons. The number of aryl methyl sites for hydroxylation is 1. The number of hydrogen-bond donors (Lipinski definition) is 0. The van der Waals surface area contributed by atoms with Gasteiger partial charge in [0.25, 0.3) is 6.71 Å². The van der Waals surface area contributed by atoms with E-state index in [1.54, 1.807) is 0 Å². The average Bonchev–Trinajstić information content (AvgIpc) is 3.82. The van der Waals surface area contributed by atoms with Gasteiger partial charge in [0.05, 0.1) is 11.4 Å². The van der Waals surface area contributed by atoms with Gasteiger partial charge < -0.3 is 14.2 Å². The first kappa shape index (κ1) is 39.3. The number of rotatable bonds is 3. The molecular weight excluding hydrogens is 784 g/mol. The van der Waals surface area contributed by atoms with Gasteiger partial charge in [-0.05, 0) is 159 Å². The summed E-state index contributed by atoms with van der Waals surface area (Å²) < 4.78 is 9.71. The molecule has 4 aliphatic rings. The molecule has 0 saturated heterocycles. The molecule has 3 nitrogen and oxygen atoms in total. The van der Waals surface area contributed by atoms with Crippen molar-refractivity contribution in [1.82, 2.24) is 0 Å². The zero-order valence-corrected chi connectivity index (χ0v) is 39.8. The fourth-order valence-electron chi connectivity index (χ4n) is 12.2. The van der Waals surface area contributed by atoms with Crippen LogP contribution in [0.2, 0.25) is 0 Å². The highest BCUT2D eigenvalue weighted by Crippen LogP contribution is 2.55. The number of thiophene rings is 1. The van der Waals surface area contributed by atoms with E-state index < -0.39 is 0 Å². The maximum absolute atomic E-state index is 6.86. The van der Waals surface area contributed by atoms with Crippen LogP contribution in [0.1, 0.15) is 134 Å². The molecule has 2 aromatic heterocycles. The van der Waals surface area contributed by atoms with Crippen LogP contribution in [0.4, 0.5) is 34.1 Å². The highest BCUT2D eigenvalue weighted by atomic mass is 32.1. The molecule has 12 rings (SSSR count). The SMILES string of the molecule is Cc1cc2c3c(c1)N(c1cccc4c1oc1ccccc14)c1ccc(C(C)C)cc1B3c1sc3cc4c(cc3c1N2c1ccc2c(c1)C(C)(C)CCC2(C)C)C(C)(C)CCC4(C)C. The predicted octanol–water partition coefficient (Wildman–Crippen LogP) is 15.0. The Labute approximate surface area is 378 Å². The molecule has 8 aromatic rings. The third-order valence-electron chi connectivity index (χ3n) is 16.2. The van der Waals surface area contributed by atoms with Crippen LogP contribution in [0.25, 0.3) is 32.0 Å². The highest BCUT2D eigenvalue weighted by Gasteiger charge is 2.47. The maximum Gasteiger partial charge on any atom is 0.264 e. The number of nitrogens with zero attached hydrogens (tertiary/aromatic N) is 2. The van der Waals surface area contributed by atoms with Gasteiger partial charge in [0, 0.05) is 48.4 Å². The number of benzene rings is 6. The molecule has 6 aromatic carbocycles. The van der Waals surface area contributed by atoms with Crippen molar-refractivity contribution in [2.24, 2.45) is 0 Å². The average molecular weight is 843 g/mol. The lowest BCUT2D eigenvalue weighted by Gasteiger charge is -2.45. The van der Waals surface area contributed by atoms with E-state index in [0.717, 1.165) is 27.6 Å². The minimum absolute atomic E-state index is 0.0603. The molecule has 4 heterocycles. The van der Waals surface area contributed by atoms with Crippen molar-refractivity contribution in [3.63, 3.8) is 0 Å². The van der Waals surface area contributed by atoms with Crippen LogP contribution < -0.4 is 25.5 Å². The third-order valence-corrected chi connectivity index (χ3v) is 17.4.